The molecule has 1 atom stereocenters. The second kappa shape index (κ2) is 5.27. The van der Waals surface area contributed by atoms with Crippen LogP contribution in [0.3, 0.4) is 0 Å². The van der Waals surface area contributed by atoms with Crippen molar-refractivity contribution in [2.24, 2.45) is 0 Å². The maximum atomic E-state index is 11.6. The zero-order valence-electron chi connectivity index (χ0n) is 10.7. The van der Waals surface area contributed by atoms with Crippen LogP contribution in [0.5, 0.6) is 0 Å². The highest BCUT2D eigenvalue weighted by Gasteiger charge is 2.19. The van der Waals surface area contributed by atoms with Crippen molar-refractivity contribution >= 4 is 17.3 Å². The van der Waals surface area contributed by atoms with Gasteiger partial charge in [0.15, 0.2) is 0 Å². The Morgan fingerprint density at radius 1 is 1.56 bits per heavy atom. The van der Waals surface area contributed by atoms with Gasteiger partial charge in [0.25, 0.3) is 0 Å². The Labute approximate surface area is 106 Å². The summed E-state index contributed by atoms with van der Waals surface area (Å²) in [5.41, 5.74) is 7.60. The second-order valence-corrected chi connectivity index (χ2v) is 4.39. The molecule has 2 N–H and O–H groups in total. The number of anilines is 2. The van der Waals surface area contributed by atoms with E-state index in [1.807, 2.05) is 13.0 Å². The van der Waals surface area contributed by atoms with E-state index in [-0.39, 0.29) is 6.10 Å². The smallest absolute Gasteiger partial charge is 0.340 e. The molecule has 0 aliphatic carbocycles. The lowest BCUT2D eigenvalue weighted by molar-refractivity contribution is 0.0532. The van der Waals surface area contributed by atoms with Crippen LogP contribution in [-0.4, -0.2) is 38.9 Å². The molecule has 0 saturated carbocycles. The molecule has 0 aromatic heterocycles. The van der Waals surface area contributed by atoms with Gasteiger partial charge in [0, 0.05) is 24.5 Å². The minimum atomic E-state index is -0.407. The largest absolute Gasteiger partial charge is 0.465 e. The number of carbonyl (C=O) groups excluding carboxylic acids is 1. The number of nitrogens with two attached hydrogens (primary N) is 1. The highest BCUT2D eigenvalue weighted by molar-refractivity contribution is 5.96. The molecule has 18 heavy (non-hydrogen) atoms. The Morgan fingerprint density at radius 2 is 2.33 bits per heavy atom. The summed E-state index contributed by atoms with van der Waals surface area (Å²) >= 11 is 0. The number of esters is 1. The minimum absolute atomic E-state index is 0.192. The lowest BCUT2D eigenvalue weighted by atomic mass is 10.1. The first-order valence-electron chi connectivity index (χ1n) is 5.96. The Morgan fingerprint density at radius 3 is 3.00 bits per heavy atom. The van der Waals surface area contributed by atoms with Crippen molar-refractivity contribution < 1.29 is 14.3 Å². The first-order valence-corrected chi connectivity index (χ1v) is 5.96. The van der Waals surface area contributed by atoms with Crippen LogP contribution in [0.25, 0.3) is 0 Å². The average molecular weight is 250 g/mol. The van der Waals surface area contributed by atoms with Crippen molar-refractivity contribution in [2.75, 3.05) is 37.4 Å². The van der Waals surface area contributed by atoms with Crippen LogP contribution in [0.15, 0.2) is 18.2 Å². The lowest BCUT2D eigenvalue weighted by Gasteiger charge is -2.33. The van der Waals surface area contributed by atoms with E-state index in [9.17, 15) is 4.79 Å². The molecule has 0 radical (unpaired) electrons. The quantitative estimate of drug-likeness (QED) is 0.632. The van der Waals surface area contributed by atoms with Gasteiger partial charge in [-0.3, -0.25) is 0 Å². The van der Waals surface area contributed by atoms with Crippen molar-refractivity contribution in [1.29, 1.82) is 0 Å². The van der Waals surface area contributed by atoms with E-state index in [1.165, 1.54) is 7.11 Å². The summed E-state index contributed by atoms with van der Waals surface area (Å²) in [5, 5.41) is 0. The minimum Gasteiger partial charge on any atom is -0.465 e. The highest BCUT2D eigenvalue weighted by Crippen LogP contribution is 2.23. The van der Waals surface area contributed by atoms with Gasteiger partial charge in [0.05, 0.1) is 25.4 Å². The summed E-state index contributed by atoms with van der Waals surface area (Å²) in [7, 11) is 1.35. The van der Waals surface area contributed by atoms with Crippen LogP contribution in [0.1, 0.15) is 17.3 Å². The van der Waals surface area contributed by atoms with Crippen molar-refractivity contribution in [3.05, 3.63) is 23.8 Å². The van der Waals surface area contributed by atoms with Gasteiger partial charge in [-0.2, -0.15) is 0 Å². The molecule has 1 saturated heterocycles. The van der Waals surface area contributed by atoms with E-state index in [4.69, 9.17) is 15.2 Å². The van der Waals surface area contributed by atoms with Gasteiger partial charge in [-0.15, -0.1) is 0 Å². The fourth-order valence-electron chi connectivity index (χ4n) is 2.08. The Balaban J connectivity index is 2.26. The molecule has 0 bridgehead atoms. The standard InChI is InChI=1S/C13H18N2O3/c1-9-8-15(5-6-18-9)10-3-4-12(14)11(7-10)13(16)17-2/h3-4,7,9H,5-6,8,14H2,1-2H3. The number of nitrogen functional groups attached to an aromatic ring is 1. The monoisotopic (exact) mass is 250 g/mol. The fourth-order valence-corrected chi connectivity index (χ4v) is 2.08. The van der Waals surface area contributed by atoms with Crippen molar-refractivity contribution in [3.8, 4) is 0 Å². The third kappa shape index (κ3) is 2.56. The Bertz CT molecular complexity index is 448. The Hall–Kier alpha value is -1.75. The molecule has 0 amide bonds. The number of methoxy groups -OCH3 is 1. The van der Waals surface area contributed by atoms with Crippen LogP contribution in [0.2, 0.25) is 0 Å². The van der Waals surface area contributed by atoms with Crippen LogP contribution in [0.4, 0.5) is 11.4 Å². The third-order valence-corrected chi connectivity index (χ3v) is 3.05. The summed E-state index contributed by atoms with van der Waals surface area (Å²) in [4.78, 5) is 13.8. The molecule has 0 spiro atoms. The van der Waals surface area contributed by atoms with Crippen molar-refractivity contribution in [3.63, 3.8) is 0 Å². The van der Waals surface area contributed by atoms with Crippen LogP contribution >= 0.6 is 0 Å². The van der Waals surface area contributed by atoms with E-state index in [0.29, 0.717) is 17.9 Å². The van der Waals surface area contributed by atoms with Gasteiger partial charge in [-0.25, -0.2) is 4.79 Å². The third-order valence-electron chi connectivity index (χ3n) is 3.05. The molecular weight excluding hydrogens is 232 g/mol. The van der Waals surface area contributed by atoms with Gasteiger partial charge in [0.1, 0.15) is 0 Å². The normalized spacial score (nSPS) is 19.7. The molecule has 1 fully saturated rings. The summed E-state index contributed by atoms with van der Waals surface area (Å²) < 4.78 is 10.2. The molecule has 5 heteroatoms. The highest BCUT2D eigenvalue weighted by atomic mass is 16.5. The van der Waals surface area contributed by atoms with Crippen molar-refractivity contribution in [2.45, 2.75) is 13.0 Å². The maximum Gasteiger partial charge on any atom is 0.340 e. The van der Waals surface area contributed by atoms with Gasteiger partial charge in [-0.1, -0.05) is 0 Å². The molecule has 2 rings (SSSR count). The molecular formula is C13H18N2O3. The molecule has 1 aromatic carbocycles. The fraction of sp³-hybridized carbons (Fsp3) is 0.462. The molecule has 5 nitrogen and oxygen atoms in total. The molecule has 1 heterocycles. The van der Waals surface area contributed by atoms with Crippen molar-refractivity contribution in [1.82, 2.24) is 0 Å². The summed E-state index contributed by atoms with van der Waals surface area (Å²) in [5.74, 6) is -0.407. The second-order valence-electron chi connectivity index (χ2n) is 4.39. The molecule has 1 aliphatic rings. The SMILES string of the molecule is COC(=O)c1cc(N2CCOC(C)C2)ccc1N. The number of carbonyl (C=O) groups is 1. The molecule has 1 unspecified atom stereocenters. The van der Waals surface area contributed by atoms with Crippen LogP contribution in [-0.2, 0) is 9.47 Å². The number of hydrogen-bond acceptors (Lipinski definition) is 5. The number of nitrogens with zero attached hydrogens (tertiary/aromatic N) is 1. The topological polar surface area (TPSA) is 64.8 Å². The number of hydrogen-bond donors (Lipinski definition) is 1. The van der Waals surface area contributed by atoms with E-state index in [2.05, 4.69) is 4.90 Å². The van der Waals surface area contributed by atoms with E-state index < -0.39 is 5.97 Å². The maximum absolute atomic E-state index is 11.6. The van der Waals surface area contributed by atoms with Gasteiger partial charge < -0.3 is 20.1 Å². The first kappa shape index (κ1) is 12.7. The van der Waals surface area contributed by atoms with E-state index >= 15 is 0 Å². The first-order chi connectivity index (χ1) is 8.61. The average Bonchev–Trinajstić information content (AvgIpc) is 2.38. The summed E-state index contributed by atoms with van der Waals surface area (Å²) in [6.45, 7) is 4.35. The number of morpholine rings is 1. The van der Waals surface area contributed by atoms with E-state index in [1.54, 1.807) is 12.1 Å². The van der Waals surface area contributed by atoms with Crippen LogP contribution < -0.4 is 10.6 Å². The van der Waals surface area contributed by atoms with Gasteiger partial charge >= 0.3 is 5.97 Å². The predicted molar refractivity (Wildman–Crippen MR) is 69.8 cm³/mol. The summed E-state index contributed by atoms with van der Waals surface area (Å²) in [6.07, 6.45) is 0.192. The molecule has 1 aromatic rings. The summed E-state index contributed by atoms with van der Waals surface area (Å²) in [6, 6.07) is 5.43. The van der Waals surface area contributed by atoms with Crippen LogP contribution in [0, 0.1) is 0 Å². The van der Waals surface area contributed by atoms with E-state index in [0.717, 1.165) is 18.8 Å². The molecule has 98 valence electrons. The predicted octanol–water partition coefficient (Wildman–Crippen LogP) is 1.28. The zero-order chi connectivity index (χ0) is 13.1. The zero-order valence-corrected chi connectivity index (χ0v) is 10.7. The van der Waals surface area contributed by atoms with Gasteiger partial charge in [0.2, 0.25) is 0 Å². The number of rotatable bonds is 2. The van der Waals surface area contributed by atoms with Gasteiger partial charge in [-0.05, 0) is 25.1 Å². The number of benzene rings is 1. The Kier molecular flexibility index (Phi) is 3.72. The molecule has 1 aliphatic heterocycles. The number of ether oxygens (including phenoxy) is 2. The lowest BCUT2D eigenvalue weighted by Crippen LogP contribution is -2.41.